The fraction of sp³-hybridized carbons (Fsp3) is 0.500. The summed E-state index contributed by atoms with van der Waals surface area (Å²) < 4.78 is 27.0. The summed E-state index contributed by atoms with van der Waals surface area (Å²) in [4.78, 5) is 0.425. The van der Waals surface area contributed by atoms with Crippen molar-refractivity contribution in [1.82, 2.24) is 4.72 Å². The molecule has 3 nitrogen and oxygen atoms in total. The van der Waals surface area contributed by atoms with E-state index >= 15 is 0 Å². The molecular formula is C12H17NO2S2. The number of sulfonamides is 1. The van der Waals surface area contributed by atoms with Crippen LogP contribution in [0.4, 0.5) is 0 Å². The zero-order valence-corrected chi connectivity index (χ0v) is 11.5. The molecule has 1 aromatic carbocycles. The molecule has 1 fully saturated rings. The second-order valence-electron chi connectivity index (χ2n) is 4.22. The number of nitrogens with one attached hydrogen (secondary N) is 1. The highest BCUT2D eigenvalue weighted by atomic mass is 32.2. The minimum atomic E-state index is -3.33. The highest BCUT2D eigenvalue weighted by molar-refractivity contribution is 8.00. The fourth-order valence-corrected chi connectivity index (χ4v) is 4.00. The number of rotatable bonds is 5. The number of hydrogen-bond acceptors (Lipinski definition) is 3. The van der Waals surface area contributed by atoms with Crippen LogP contribution in [0.1, 0.15) is 12.5 Å². The van der Waals surface area contributed by atoms with E-state index < -0.39 is 10.0 Å². The van der Waals surface area contributed by atoms with Crippen molar-refractivity contribution >= 4 is 21.8 Å². The van der Waals surface area contributed by atoms with Gasteiger partial charge >= 0.3 is 0 Å². The quantitative estimate of drug-likeness (QED) is 0.889. The smallest absolute Gasteiger partial charge is 0.211 e. The van der Waals surface area contributed by atoms with Crippen LogP contribution in [0.25, 0.3) is 0 Å². The van der Waals surface area contributed by atoms with E-state index in [4.69, 9.17) is 0 Å². The van der Waals surface area contributed by atoms with Crippen LogP contribution >= 0.6 is 11.8 Å². The molecular weight excluding hydrogens is 254 g/mol. The maximum absolute atomic E-state index is 12.1. The lowest BCUT2D eigenvalue weighted by Gasteiger charge is -2.25. The third-order valence-corrected chi connectivity index (χ3v) is 5.85. The van der Waals surface area contributed by atoms with Gasteiger partial charge in [0.1, 0.15) is 0 Å². The maximum atomic E-state index is 12.1. The van der Waals surface area contributed by atoms with E-state index in [2.05, 4.69) is 4.72 Å². The van der Waals surface area contributed by atoms with Gasteiger partial charge in [-0.1, -0.05) is 25.1 Å². The predicted molar refractivity (Wildman–Crippen MR) is 71.8 cm³/mol. The maximum Gasteiger partial charge on any atom is 0.240 e. The van der Waals surface area contributed by atoms with E-state index in [-0.39, 0.29) is 0 Å². The van der Waals surface area contributed by atoms with Gasteiger partial charge in [-0.3, -0.25) is 0 Å². The van der Waals surface area contributed by atoms with Crippen molar-refractivity contribution in [2.75, 3.05) is 18.1 Å². The van der Waals surface area contributed by atoms with Crippen LogP contribution in [0.5, 0.6) is 0 Å². The molecule has 0 aromatic heterocycles. The Balaban J connectivity index is 2.12. The zero-order valence-electron chi connectivity index (χ0n) is 9.85. The third kappa shape index (κ3) is 3.03. The molecule has 0 amide bonds. The molecule has 1 saturated heterocycles. The first kappa shape index (κ1) is 12.9. The van der Waals surface area contributed by atoms with E-state index in [0.29, 0.717) is 17.4 Å². The lowest BCUT2D eigenvalue weighted by molar-refractivity contribution is 0.557. The Morgan fingerprint density at radius 1 is 1.35 bits per heavy atom. The second-order valence-corrected chi connectivity index (χ2v) is 7.03. The van der Waals surface area contributed by atoms with Crippen LogP contribution in [-0.4, -0.2) is 26.5 Å². The summed E-state index contributed by atoms with van der Waals surface area (Å²) in [6.07, 6.45) is 0.733. The van der Waals surface area contributed by atoms with Gasteiger partial charge in [0.15, 0.2) is 0 Å². The third-order valence-electron chi connectivity index (χ3n) is 2.91. The first-order chi connectivity index (χ1) is 8.13. The van der Waals surface area contributed by atoms with Gasteiger partial charge in [0, 0.05) is 6.54 Å². The summed E-state index contributed by atoms with van der Waals surface area (Å²) >= 11 is 1.86. The lowest BCUT2D eigenvalue weighted by atomic mass is 10.2. The molecule has 1 aliphatic rings. The van der Waals surface area contributed by atoms with E-state index in [9.17, 15) is 8.42 Å². The molecule has 0 bridgehead atoms. The Kier molecular flexibility index (Phi) is 4.12. The summed E-state index contributed by atoms with van der Waals surface area (Å²) in [5.74, 6) is 2.64. The average molecular weight is 271 g/mol. The van der Waals surface area contributed by atoms with E-state index in [1.807, 2.05) is 30.8 Å². The molecule has 0 radical (unpaired) electrons. The van der Waals surface area contributed by atoms with Crippen molar-refractivity contribution in [3.8, 4) is 0 Å². The molecule has 1 N–H and O–H groups in total. The molecule has 94 valence electrons. The summed E-state index contributed by atoms with van der Waals surface area (Å²) in [5, 5.41) is 0. The average Bonchev–Trinajstić information content (AvgIpc) is 2.26. The van der Waals surface area contributed by atoms with Crippen LogP contribution in [0.15, 0.2) is 29.2 Å². The van der Waals surface area contributed by atoms with E-state index in [1.165, 1.54) is 0 Å². The first-order valence-electron chi connectivity index (χ1n) is 5.79. The molecule has 0 saturated carbocycles. The summed E-state index contributed by atoms with van der Waals surface area (Å²) in [6.45, 7) is 2.53. The van der Waals surface area contributed by atoms with E-state index in [1.54, 1.807) is 12.1 Å². The Hall–Kier alpha value is -0.520. The van der Waals surface area contributed by atoms with Gasteiger partial charge in [0.2, 0.25) is 10.0 Å². The molecule has 1 aromatic rings. The summed E-state index contributed by atoms with van der Waals surface area (Å²) in [6, 6.07) is 7.19. The van der Waals surface area contributed by atoms with Gasteiger partial charge in [0.25, 0.3) is 0 Å². The van der Waals surface area contributed by atoms with E-state index in [0.717, 1.165) is 23.5 Å². The van der Waals surface area contributed by atoms with Gasteiger partial charge in [-0.2, -0.15) is 11.8 Å². The molecule has 17 heavy (non-hydrogen) atoms. The van der Waals surface area contributed by atoms with Gasteiger partial charge in [-0.05, 0) is 35.5 Å². The van der Waals surface area contributed by atoms with Crippen molar-refractivity contribution in [2.45, 2.75) is 18.2 Å². The topological polar surface area (TPSA) is 46.2 Å². The second kappa shape index (κ2) is 5.42. The van der Waals surface area contributed by atoms with Crippen LogP contribution in [0.2, 0.25) is 0 Å². The summed E-state index contributed by atoms with van der Waals surface area (Å²) in [5.41, 5.74) is 0.878. The Labute approximate surface area is 107 Å². The van der Waals surface area contributed by atoms with Crippen LogP contribution in [-0.2, 0) is 16.4 Å². The van der Waals surface area contributed by atoms with Gasteiger partial charge < -0.3 is 0 Å². The van der Waals surface area contributed by atoms with Gasteiger partial charge in [-0.15, -0.1) is 0 Å². The van der Waals surface area contributed by atoms with Crippen molar-refractivity contribution in [1.29, 1.82) is 0 Å². The molecule has 0 unspecified atom stereocenters. The molecule has 1 heterocycles. The number of benzene rings is 1. The lowest BCUT2D eigenvalue weighted by Crippen LogP contribution is -2.35. The molecule has 0 atom stereocenters. The van der Waals surface area contributed by atoms with Crippen molar-refractivity contribution < 1.29 is 8.42 Å². The standard InChI is InChI=1S/C12H17NO2S2/c1-2-11-5-3-4-6-12(11)17(14,15)13-7-10-8-16-9-10/h3-6,10,13H,2,7-9H2,1H3. The highest BCUT2D eigenvalue weighted by Gasteiger charge is 2.22. The van der Waals surface area contributed by atoms with Crippen LogP contribution < -0.4 is 4.72 Å². The minimum absolute atomic E-state index is 0.425. The molecule has 5 heteroatoms. The van der Waals surface area contributed by atoms with Gasteiger partial charge in [0.05, 0.1) is 4.90 Å². The van der Waals surface area contributed by atoms with Crippen LogP contribution in [0.3, 0.4) is 0 Å². The normalized spacial score (nSPS) is 16.8. The largest absolute Gasteiger partial charge is 0.240 e. The van der Waals surface area contributed by atoms with Crippen molar-refractivity contribution in [3.63, 3.8) is 0 Å². The van der Waals surface area contributed by atoms with Crippen molar-refractivity contribution in [2.24, 2.45) is 5.92 Å². The fourth-order valence-electron chi connectivity index (χ4n) is 1.77. The van der Waals surface area contributed by atoms with Gasteiger partial charge in [-0.25, -0.2) is 13.1 Å². The predicted octanol–water partition coefficient (Wildman–Crippen LogP) is 1.89. The Morgan fingerprint density at radius 2 is 2.06 bits per heavy atom. The first-order valence-corrected chi connectivity index (χ1v) is 8.42. The number of aryl methyl sites for hydroxylation is 1. The number of hydrogen-bond donors (Lipinski definition) is 1. The Bertz CT molecular complexity index is 481. The zero-order chi connectivity index (χ0) is 12.3. The van der Waals surface area contributed by atoms with Crippen molar-refractivity contribution in [3.05, 3.63) is 29.8 Å². The minimum Gasteiger partial charge on any atom is -0.211 e. The number of thioether (sulfide) groups is 1. The SMILES string of the molecule is CCc1ccccc1S(=O)(=O)NCC1CSC1. The monoisotopic (exact) mass is 271 g/mol. The molecule has 1 aliphatic heterocycles. The van der Waals surface area contributed by atoms with Crippen LogP contribution in [0, 0.1) is 5.92 Å². The molecule has 0 aliphatic carbocycles. The Morgan fingerprint density at radius 3 is 2.65 bits per heavy atom. The highest BCUT2D eigenvalue weighted by Crippen LogP contribution is 2.24. The molecule has 2 rings (SSSR count). The molecule has 0 spiro atoms. The summed E-state index contributed by atoms with van der Waals surface area (Å²) in [7, 11) is -3.33.